The monoisotopic (exact) mass is 452 g/mol. The highest BCUT2D eigenvalue weighted by atomic mass is 32.2. The summed E-state index contributed by atoms with van der Waals surface area (Å²) in [5, 5.41) is 9.19. The van der Waals surface area contributed by atoms with E-state index in [0.717, 1.165) is 42.9 Å². The Morgan fingerprint density at radius 2 is 2.10 bits per heavy atom. The Hall–Kier alpha value is -1.58. The number of nitrogens with two attached hydrogens (primary N) is 1. The molecule has 1 saturated carbocycles. The maximum Gasteiger partial charge on any atom is 0.238 e. The number of thioether (sulfide) groups is 1. The van der Waals surface area contributed by atoms with E-state index < -0.39 is 10.0 Å². The lowest BCUT2D eigenvalue weighted by atomic mass is 9.78. The summed E-state index contributed by atoms with van der Waals surface area (Å²) in [5.41, 5.74) is 1.43. The van der Waals surface area contributed by atoms with Gasteiger partial charge in [-0.15, -0.1) is 0 Å². The summed E-state index contributed by atoms with van der Waals surface area (Å²) in [4.78, 5) is 17.3. The van der Waals surface area contributed by atoms with Gasteiger partial charge in [0.05, 0.1) is 21.7 Å². The molecule has 2 aromatic rings. The Morgan fingerprint density at radius 3 is 2.80 bits per heavy atom. The van der Waals surface area contributed by atoms with E-state index >= 15 is 0 Å². The number of amides is 1. The molecule has 0 bridgehead atoms. The van der Waals surface area contributed by atoms with E-state index in [9.17, 15) is 13.2 Å². The molecular formula is C21H32N4O3S2. The van der Waals surface area contributed by atoms with Crippen LogP contribution in [-0.2, 0) is 21.4 Å². The summed E-state index contributed by atoms with van der Waals surface area (Å²) in [6.07, 6.45) is 5.41. The molecule has 30 heavy (non-hydrogen) atoms. The van der Waals surface area contributed by atoms with Gasteiger partial charge in [-0.05, 0) is 42.9 Å². The first-order valence-electron chi connectivity index (χ1n) is 10.7. The first kappa shape index (κ1) is 23.1. The van der Waals surface area contributed by atoms with Gasteiger partial charge in [-0.2, -0.15) is 0 Å². The fraction of sp³-hybridized carbons (Fsp3) is 0.619. The number of fused-ring (bicyclic) bond motifs is 1. The van der Waals surface area contributed by atoms with Gasteiger partial charge < -0.3 is 9.88 Å². The van der Waals surface area contributed by atoms with Crippen molar-refractivity contribution in [3.05, 3.63) is 18.2 Å². The fourth-order valence-corrected chi connectivity index (χ4v) is 5.46. The predicted octanol–water partition coefficient (Wildman–Crippen LogP) is 3.52. The number of unbranched alkanes of at least 4 members (excludes halogenated alkanes) is 1. The van der Waals surface area contributed by atoms with E-state index in [1.807, 2.05) is 0 Å². The molecule has 0 aliphatic heterocycles. The topological polar surface area (TPSA) is 107 Å². The van der Waals surface area contributed by atoms with Crippen LogP contribution in [0.2, 0.25) is 0 Å². The number of nitrogens with one attached hydrogen (secondary N) is 1. The average Bonchev–Trinajstić information content (AvgIpc) is 3.04. The van der Waals surface area contributed by atoms with Crippen molar-refractivity contribution in [2.45, 2.75) is 75.5 Å². The van der Waals surface area contributed by atoms with Crippen LogP contribution in [0.5, 0.6) is 0 Å². The van der Waals surface area contributed by atoms with Gasteiger partial charge in [0.2, 0.25) is 15.9 Å². The molecule has 1 aromatic heterocycles. The van der Waals surface area contributed by atoms with Gasteiger partial charge in [-0.1, -0.05) is 51.8 Å². The van der Waals surface area contributed by atoms with Crippen LogP contribution >= 0.6 is 11.8 Å². The van der Waals surface area contributed by atoms with E-state index in [4.69, 9.17) is 5.14 Å². The predicted molar refractivity (Wildman–Crippen MR) is 121 cm³/mol. The third-order valence-electron chi connectivity index (χ3n) is 6.13. The number of hydrogen-bond donors (Lipinski definition) is 2. The Balaban J connectivity index is 1.76. The Morgan fingerprint density at radius 1 is 1.33 bits per heavy atom. The zero-order valence-electron chi connectivity index (χ0n) is 17.9. The lowest BCUT2D eigenvalue weighted by Crippen LogP contribution is -2.44. The first-order valence-corrected chi connectivity index (χ1v) is 13.2. The molecule has 1 aliphatic rings. The van der Waals surface area contributed by atoms with Crippen LogP contribution in [-0.4, -0.2) is 35.7 Å². The summed E-state index contributed by atoms with van der Waals surface area (Å²) in [6, 6.07) is 4.99. The molecule has 1 aromatic carbocycles. The number of hydrogen-bond acceptors (Lipinski definition) is 5. The van der Waals surface area contributed by atoms with Crippen LogP contribution in [0.1, 0.15) is 52.9 Å². The third-order valence-corrected chi connectivity index (χ3v) is 8.02. The number of carbonyl (C=O) groups is 1. The minimum Gasteiger partial charge on any atom is -0.352 e. The van der Waals surface area contributed by atoms with Crippen molar-refractivity contribution in [3.8, 4) is 0 Å². The summed E-state index contributed by atoms with van der Waals surface area (Å²) >= 11 is 1.39. The van der Waals surface area contributed by atoms with Gasteiger partial charge in [0.25, 0.3) is 0 Å². The van der Waals surface area contributed by atoms with Crippen LogP contribution in [0.3, 0.4) is 0 Å². The van der Waals surface area contributed by atoms with Crippen LogP contribution in [0.25, 0.3) is 11.0 Å². The largest absolute Gasteiger partial charge is 0.352 e. The second kappa shape index (κ2) is 9.70. The van der Waals surface area contributed by atoms with Gasteiger partial charge in [0.15, 0.2) is 5.16 Å². The van der Waals surface area contributed by atoms with E-state index in [0.29, 0.717) is 17.4 Å². The number of imidazole rings is 1. The van der Waals surface area contributed by atoms with Crippen molar-refractivity contribution in [2.24, 2.45) is 17.0 Å². The maximum absolute atomic E-state index is 12.6. The van der Waals surface area contributed by atoms with Crippen molar-refractivity contribution < 1.29 is 13.2 Å². The lowest BCUT2D eigenvalue weighted by Gasteiger charge is -2.34. The molecule has 0 saturated heterocycles. The van der Waals surface area contributed by atoms with Crippen molar-refractivity contribution in [1.82, 2.24) is 14.9 Å². The molecule has 7 nitrogen and oxygen atoms in total. The molecule has 0 spiro atoms. The minimum absolute atomic E-state index is 0.0188. The molecule has 9 heteroatoms. The number of benzene rings is 1. The van der Waals surface area contributed by atoms with Gasteiger partial charge in [-0.3, -0.25) is 4.79 Å². The number of aromatic nitrogens is 2. The van der Waals surface area contributed by atoms with E-state index in [2.05, 4.69) is 35.6 Å². The van der Waals surface area contributed by atoms with Crippen molar-refractivity contribution in [1.29, 1.82) is 0 Å². The fourth-order valence-electron chi connectivity index (χ4n) is 4.07. The van der Waals surface area contributed by atoms with Crippen molar-refractivity contribution in [2.75, 3.05) is 5.75 Å². The lowest BCUT2D eigenvalue weighted by molar-refractivity contribution is -0.120. The molecule has 3 atom stereocenters. The molecule has 0 radical (unpaired) electrons. The summed E-state index contributed by atoms with van der Waals surface area (Å²) in [5.74, 6) is 1.42. The molecule has 166 valence electrons. The molecule has 1 amide bonds. The minimum atomic E-state index is -3.79. The molecule has 1 fully saturated rings. The number of nitrogens with zero attached hydrogens (tertiary/aromatic N) is 2. The van der Waals surface area contributed by atoms with Crippen LogP contribution in [0, 0.1) is 11.8 Å². The molecule has 3 rings (SSSR count). The van der Waals surface area contributed by atoms with E-state index in [1.165, 1.54) is 30.3 Å². The van der Waals surface area contributed by atoms with E-state index in [1.54, 1.807) is 6.07 Å². The first-order chi connectivity index (χ1) is 14.2. The Bertz CT molecular complexity index is 1000. The molecule has 3 N–H and O–H groups in total. The number of carbonyl (C=O) groups excluding carboxylic acids is 1. The normalized spacial score (nSPS) is 22.3. The number of aryl methyl sites for hydroxylation is 1. The number of sulfonamides is 1. The SMILES string of the molecule is CCCCn1c(SCC(=O)NC2CCCC(C)C2C)nc2cc(S(N)(=O)=O)ccc21. The highest BCUT2D eigenvalue weighted by molar-refractivity contribution is 7.99. The van der Waals surface area contributed by atoms with Crippen molar-refractivity contribution in [3.63, 3.8) is 0 Å². The molecular weight excluding hydrogens is 420 g/mol. The second-order valence-electron chi connectivity index (χ2n) is 8.33. The van der Waals surface area contributed by atoms with Crippen LogP contribution in [0.4, 0.5) is 0 Å². The zero-order valence-corrected chi connectivity index (χ0v) is 19.6. The third kappa shape index (κ3) is 5.36. The quantitative estimate of drug-likeness (QED) is 0.596. The second-order valence-corrected chi connectivity index (χ2v) is 10.8. The summed E-state index contributed by atoms with van der Waals surface area (Å²) in [6.45, 7) is 7.35. The highest BCUT2D eigenvalue weighted by Crippen LogP contribution is 2.30. The van der Waals surface area contributed by atoms with Crippen LogP contribution < -0.4 is 10.5 Å². The number of rotatable bonds is 8. The van der Waals surface area contributed by atoms with Gasteiger partial charge >= 0.3 is 0 Å². The molecule has 1 heterocycles. The summed E-state index contributed by atoms with van der Waals surface area (Å²) in [7, 11) is -3.79. The Labute approximate surface area is 183 Å². The smallest absolute Gasteiger partial charge is 0.238 e. The van der Waals surface area contributed by atoms with Gasteiger partial charge in [0.1, 0.15) is 0 Å². The summed E-state index contributed by atoms with van der Waals surface area (Å²) < 4.78 is 25.4. The van der Waals surface area contributed by atoms with E-state index in [-0.39, 0.29) is 22.6 Å². The van der Waals surface area contributed by atoms with Gasteiger partial charge in [0, 0.05) is 12.6 Å². The molecule has 1 aliphatic carbocycles. The molecule has 3 unspecified atom stereocenters. The van der Waals surface area contributed by atoms with Crippen molar-refractivity contribution >= 4 is 38.7 Å². The van der Waals surface area contributed by atoms with Crippen LogP contribution in [0.15, 0.2) is 28.3 Å². The zero-order chi connectivity index (χ0) is 21.9. The average molecular weight is 453 g/mol. The standard InChI is InChI=1S/C21H32N4O3S2/c1-4-5-11-25-19-10-9-16(30(22,27)28)12-18(19)24-21(25)29-13-20(26)23-17-8-6-7-14(2)15(17)3/h9-10,12,14-15,17H,4-8,11,13H2,1-3H3,(H,23,26)(H2,22,27,28). The Kier molecular flexibility index (Phi) is 7.47. The number of primary sulfonamides is 1. The van der Waals surface area contributed by atoms with Gasteiger partial charge in [-0.25, -0.2) is 18.5 Å². The maximum atomic E-state index is 12.6. The highest BCUT2D eigenvalue weighted by Gasteiger charge is 2.28.